The van der Waals surface area contributed by atoms with E-state index in [1.54, 1.807) is 17.2 Å². The molecule has 1 atom stereocenters. The molecule has 0 bridgehead atoms. The molecule has 7 heteroatoms. The van der Waals surface area contributed by atoms with Crippen LogP contribution >= 0.6 is 0 Å². The summed E-state index contributed by atoms with van der Waals surface area (Å²) in [5, 5.41) is 9.29. The van der Waals surface area contributed by atoms with Crippen molar-refractivity contribution in [3.05, 3.63) is 24.0 Å². The molecule has 0 aliphatic carbocycles. The molecule has 1 aromatic heterocycles. The highest BCUT2D eigenvalue weighted by Gasteiger charge is 2.36. The van der Waals surface area contributed by atoms with Gasteiger partial charge in [0.2, 0.25) is 0 Å². The second-order valence-electron chi connectivity index (χ2n) is 5.43. The molecule has 7 nitrogen and oxygen atoms in total. The predicted molar refractivity (Wildman–Crippen MR) is 74.0 cm³/mol. The van der Waals surface area contributed by atoms with Gasteiger partial charge in [0.1, 0.15) is 0 Å². The quantitative estimate of drug-likeness (QED) is 0.531. The van der Waals surface area contributed by atoms with E-state index in [0.717, 1.165) is 0 Å². The van der Waals surface area contributed by atoms with E-state index >= 15 is 0 Å². The van der Waals surface area contributed by atoms with Crippen LogP contribution in [0.2, 0.25) is 0 Å². The van der Waals surface area contributed by atoms with Crippen LogP contribution in [0.4, 0.5) is 5.69 Å². The summed E-state index contributed by atoms with van der Waals surface area (Å²) >= 11 is 0. The second-order valence-corrected chi connectivity index (χ2v) is 5.43. The van der Waals surface area contributed by atoms with E-state index in [-0.39, 0.29) is 18.6 Å². The maximum absolute atomic E-state index is 12.6. The molecule has 110 valence electrons. The van der Waals surface area contributed by atoms with Crippen molar-refractivity contribution in [3.8, 4) is 0 Å². The number of aliphatic hydroxyl groups excluding tert-OH is 1. The SMILES string of the molecule is CC1(C)CN(C(=O)c2cnccc2NN)CC(CO)O1. The number of amides is 1. The Morgan fingerprint density at radius 1 is 1.70 bits per heavy atom. The summed E-state index contributed by atoms with van der Waals surface area (Å²) in [6.45, 7) is 4.45. The highest BCUT2D eigenvalue weighted by atomic mass is 16.5. The summed E-state index contributed by atoms with van der Waals surface area (Å²) in [5.41, 5.74) is 2.92. The Kier molecular flexibility index (Phi) is 4.22. The highest BCUT2D eigenvalue weighted by molar-refractivity contribution is 5.99. The van der Waals surface area contributed by atoms with Gasteiger partial charge in [-0.15, -0.1) is 0 Å². The van der Waals surface area contributed by atoms with E-state index in [0.29, 0.717) is 24.3 Å². The van der Waals surface area contributed by atoms with E-state index in [1.807, 2.05) is 13.8 Å². The normalized spacial score (nSPS) is 21.6. The number of hydrogen-bond acceptors (Lipinski definition) is 6. The molecule has 1 amide bonds. The summed E-state index contributed by atoms with van der Waals surface area (Å²) in [6.07, 6.45) is 2.66. The first-order valence-electron chi connectivity index (χ1n) is 6.45. The van der Waals surface area contributed by atoms with Gasteiger partial charge in [0.25, 0.3) is 5.91 Å². The third kappa shape index (κ3) is 3.06. The number of hydrogen-bond donors (Lipinski definition) is 3. The van der Waals surface area contributed by atoms with Gasteiger partial charge in [-0.1, -0.05) is 0 Å². The van der Waals surface area contributed by atoms with Crippen molar-refractivity contribution in [1.29, 1.82) is 0 Å². The van der Waals surface area contributed by atoms with Crippen LogP contribution in [0.15, 0.2) is 18.5 Å². The number of pyridine rings is 1. The first-order valence-corrected chi connectivity index (χ1v) is 6.45. The summed E-state index contributed by atoms with van der Waals surface area (Å²) < 4.78 is 5.70. The number of nitrogens with two attached hydrogens (primary N) is 1. The third-order valence-corrected chi connectivity index (χ3v) is 3.18. The van der Waals surface area contributed by atoms with E-state index in [4.69, 9.17) is 10.6 Å². The molecule has 1 aliphatic heterocycles. The van der Waals surface area contributed by atoms with Crippen LogP contribution in [0, 0.1) is 0 Å². The fourth-order valence-electron chi connectivity index (χ4n) is 2.41. The van der Waals surface area contributed by atoms with E-state index < -0.39 is 5.60 Å². The van der Waals surface area contributed by atoms with Crippen molar-refractivity contribution < 1.29 is 14.6 Å². The van der Waals surface area contributed by atoms with Gasteiger partial charge in [-0.2, -0.15) is 0 Å². The summed E-state index contributed by atoms with van der Waals surface area (Å²) in [5.74, 6) is 5.23. The van der Waals surface area contributed by atoms with Gasteiger partial charge >= 0.3 is 0 Å². The third-order valence-electron chi connectivity index (χ3n) is 3.18. The van der Waals surface area contributed by atoms with Crippen LogP contribution in [0.1, 0.15) is 24.2 Å². The van der Waals surface area contributed by atoms with Crippen molar-refractivity contribution >= 4 is 11.6 Å². The Morgan fingerprint density at radius 2 is 2.45 bits per heavy atom. The summed E-state index contributed by atoms with van der Waals surface area (Å²) in [6, 6.07) is 1.64. The zero-order chi connectivity index (χ0) is 14.8. The van der Waals surface area contributed by atoms with Crippen LogP contribution in [0.25, 0.3) is 0 Å². The molecule has 1 unspecified atom stereocenters. The number of nitrogen functional groups attached to an aromatic ring is 1. The standard InChI is InChI=1S/C13H20N4O3/c1-13(2)8-17(6-9(7-18)20-13)12(19)10-5-15-4-3-11(10)16-14/h3-5,9,18H,6-8,14H2,1-2H3,(H,15,16). The molecule has 0 aromatic carbocycles. The minimum Gasteiger partial charge on any atom is -0.394 e. The topological polar surface area (TPSA) is 101 Å². The van der Waals surface area contributed by atoms with Crippen molar-refractivity contribution in [1.82, 2.24) is 9.88 Å². The number of aliphatic hydroxyl groups is 1. The lowest BCUT2D eigenvalue weighted by Crippen LogP contribution is -2.55. The number of rotatable bonds is 3. The zero-order valence-electron chi connectivity index (χ0n) is 11.7. The van der Waals surface area contributed by atoms with Gasteiger partial charge in [0, 0.05) is 25.5 Å². The van der Waals surface area contributed by atoms with Crippen LogP contribution < -0.4 is 11.3 Å². The average Bonchev–Trinajstić information content (AvgIpc) is 2.44. The Hall–Kier alpha value is -1.70. The number of aromatic nitrogens is 1. The number of nitrogens with zero attached hydrogens (tertiary/aromatic N) is 2. The van der Waals surface area contributed by atoms with Crippen molar-refractivity contribution in [3.63, 3.8) is 0 Å². The zero-order valence-corrected chi connectivity index (χ0v) is 11.7. The van der Waals surface area contributed by atoms with Gasteiger partial charge in [0.05, 0.1) is 29.6 Å². The molecule has 1 aromatic rings. The maximum atomic E-state index is 12.6. The molecule has 0 spiro atoms. The van der Waals surface area contributed by atoms with Gasteiger partial charge in [-0.3, -0.25) is 15.6 Å². The molecule has 4 N–H and O–H groups in total. The smallest absolute Gasteiger partial charge is 0.257 e. The van der Waals surface area contributed by atoms with E-state index in [9.17, 15) is 9.90 Å². The Balaban J connectivity index is 2.23. The molecule has 20 heavy (non-hydrogen) atoms. The lowest BCUT2D eigenvalue weighted by Gasteiger charge is -2.42. The van der Waals surface area contributed by atoms with Crippen molar-refractivity contribution in [2.24, 2.45) is 5.84 Å². The molecular weight excluding hydrogens is 260 g/mol. The first-order chi connectivity index (χ1) is 9.46. The van der Waals surface area contributed by atoms with E-state index in [2.05, 4.69) is 10.4 Å². The monoisotopic (exact) mass is 280 g/mol. The van der Waals surface area contributed by atoms with Gasteiger partial charge < -0.3 is 20.2 Å². The number of carbonyl (C=O) groups is 1. The predicted octanol–water partition coefficient (Wildman–Crippen LogP) is -0.0209. The molecule has 0 radical (unpaired) electrons. The number of anilines is 1. The molecular formula is C13H20N4O3. The minimum absolute atomic E-state index is 0.123. The fourth-order valence-corrected chi connectivity index (χ4v) is 2.41. The van der Waals surface area contributed by atoms with Crippen LogP contribution in [-0.2, 0) is 4.74 Å². The number of nitrogens with one attached hydrogen (secondary N) is 1. The lowest BCUT2D eigenvalue weighted by atomic mass is 10.0. The summed E-state index contributed by atoms with van der Waals surface area (Å²) in [4.78, 5) is 18.2. The molecule has 0 saturated carbocycles. The lowest BCUT2D eigenvalue weighted by molar-refractivity contribution is -0.139. The fraction of sp³-hybridized carbons (Fsp3) is 0.538. The first kappa shape index (κ1) is 14.7. The number of ether oxygens (including phenoxy) is 1. The molecule has 2 heterocycles. The average molecular weight is 280 g/mol. The maximum Gasteiger partial charge on any atom is 0.257 e. The number of hydrazine groups is 1. The minimum atomic E-state index is -0.500. The number of morpholine rings is 1. The Labute approximate surface area is 117 Å². The second kappa shape index (κ2) is 5.74. The Morgan fingerprint density at radius 3 is 3.10 bits per heavy atom. The largest absolute Gasteiger partial charge is 0.394 e. The van der Waals surface area contributed by atoms with Gasteiger partial charge in [-0.25, -0.2) is 0 Å². The Bertz CT molecular complexity index is 492. The van der Waals surface area contributed by atoms with Crippen LogP contribution in [0.3, 0.4) is 0 Å². The molecule has 1 saturated heterocycles. The van der Waals surface area contributed by atoms with E-state index in [1.165, 1.54) is 6.20 Å². The van der Waals surface area contributed by atoms with Gasteiger partial charge in [-0.05, 0) is 19.9 Å². The molecule has 2 rings (SSSR count). The van der Waals surface area contributed by atoms with Crippen LogP contribution in [0.5, 0.6) is 0 Å². The number of carbonyl (C=O) groups excluding carboxylic acids is 1. The molecule has 1 fully saturated rings. The molecule has 1 aliphatic rings. The summed E-state index contributed by atoms with van der Waals surface area (Å²) in [7, 11) is 0. The highest BCUT2D eigenvalue weighted by Crippen LogP contribution is 2.24. The van der Waals surface area contributed by atoms with Gasteiger partial charge in [0.15, 0.2) is 0 Å². The van der Waals surface area contributed by atoms with Crippen molar-refractivity contribution in [2.45, 2.75) is 25.6 Å². The van der Waals surface area contributed by atoms with Crippen molar-refractivity contribution in [2.75, 3.05) is 25.1 Å². The van der Waals surface area contributed by atoms with Crippen LogP contribution in [-0.4, -0.2) is 52.3 Å².